The molecule has 22 aliphatic heterocycles. The average Bonchev–Trinajstić information content (AvgIpc) is 1.15. The fourth-order valence-corrected chi connectivity index (χ4v) is 17.3. The first-order valence-corrected chi connectivity index (χ1v) is 50.1. The summed E-state index contributed by atoms with van der Waals surface area (Å²) in [6.07, 6.45) is -59.9. The molecule has 0 spiro atoms. The van der Waals surface area contributed by atoms with E-state index in [0.29, 0.717) is 0 Å². The SMILES string of the molecule is CCC(=O)O[C@@H]1[C@@H](OC(=O)CC)[C@H]2O[C@H]3[C@H](OC(=O)CC)[C@@H](OC(=O)CC)[C@@H](O[C@H]4[C@H](OC(=O)CC)[C@@H](OC(=O)CC)[C@@H](O[C@H]5[C@H](OC(=O)CC)[C@@H](OC(=O)CC)[C@@H](O[C@H]6[C@H](OC(=O)CC)[C@@H](OC(=O)CC)[C@@H](O[C@H]7[C@H](OC(=O)CC)[C@@H](OC(=O)CC)[C@@H](O[C@@H]1[C@@H](Cn1cc(CN)nn1)O2)O[C@@H]7Cn1cc(CN)nn1)O[C@@H]6Cn1cc(CN)nn1)O[C@@H]5Cn1cc(CN)nn1)O[C@@H]4Cn1cc(CN)nn1)O[C@@H]3Cn1cc(CN)nn1. The topological polar surface area (TPSA) is 767 Å². The van der Waals surface area contributed by atoms with Gasteiger partial charge in [-0.05, 0) is 0 Å². The molecule has 22 fully saturated rings. The van der Waals surface area contributed by atoms with Crippen LogP contribution in [0.15, 0.2) is 37.2 Å². The van der Waals surface area contributed by atoms with Crippen LogP contribution in [-0.2, 0) is 250 Å². The molecule has 828 valence electrons. The predicted molar refractivity (Wildman–Crippen MR) is 491 cm³/mol. The number of nitrogens with two attached hydrogens (primary N) is 6. The Kier molecular flexibility index (Phi) is 41.5. The number of rotatable bonds is 42. The fraction of sp³-hybridized carbons (Fsp3) is 0.733. The number of hydrogen-bond donors (Lipinski definition) is 6. The minimum Gasteiger partial charge on any atom is -0.455 e. The van der Waals surface area contributed by atoms with E-state index in [4.69, 9.17) is 148 Å². The molecule has 0 radical (unpaired) electrons. The van der Waals surface area contributed by atoms with Crippen molar-refractivity contribution >= 4 is 71.6 Å². The summed E-state index contributed by atoms with van der Waals surface area (Å²) < 4.78 is 173. The normalized spacial score (nSPS) is 30.4. The Bertz CT molecular complexity index is 4650. The zero-order chi connectivity index (χ0) is 108. The van der Waals surface area contributed by atoms with Crippen LogP contribution in [0.25, 0.3) is 0 Å². The van der Waals surface area contributed by atoms with Gasteiger partial charge in [-0.15, -0.1) is 30.6 Å². The highest BCUT2D eigenvalue weighted by Gasteiger charge is 2.66. The summed E-state index contributed by atoms with van der Waals surface area (Å²) in [5.41, 5.74) is 38.4. The van der Waals surface area contributed by atoms with E-state index in [1.54, 1.807) is 0 Å². The number of carbonyl (C=O) groups excluding carboxylic acids is 12. The van der Waals surface area contributed by atoms with Gasteiger partial charge in [-0.25, -0.2) is 28.1 Å². The van der Waals surface area contributed by atoms with Gasteiger partial charge in [0.1, 0.15) is 73.2 Å². The molecule has 22 saturated heterocycles. The second-order valence-corrected chi connectivity index (χ2v) is 35.4. The largest absolute Gasteiger partial charge is 0.455 e. The summed E-state index contributed by atoms with van der Waals surface area (Å²) in [6, 6.07) is 0. The highest BCUT2D eigenvalue weighted by Crippen LogP contribution is 2.46. The molecule has 0 aromatic carbocycles. The molecule has 60 nitrogen and oxygen atoms in total. The van der Waals surface area contributed by atoms with E-state index in [1.807, 2.05) is 0 Å². The van der Waals surface area contributed by atoms with Gasteiger partial charge in [-0.2, -0.15) is 0 Å². The lowest BCUT2D eigenvalue weighted by Crippen LogP contribution is -2.71. The van der Waals surface area contributed by atoms with Crippen molar-refractivity contribution in [1.29, 1.82) is 0 Å². The Hall–Kier alpha value is -12.2. The molecule has 6 aromatic heterocycles. The zero-order valence-electron chi connectivity index (χ0n) is 85.0. The van der Waals surface area contributed by atoms with Crippen molar-refractivity contribution in [3.8, 4) is 0 Å². The number of nitrogens with zero attached hydrogens (tertiary/aromatic N) is 18. The van der Waals surface area contributed by atoms with Gasteiger partial charge >= 0.3 is 71.6 Å². The van der Waals surface area contributed by atoms with Gasteiger partial charge in [0.15, 0.2) is 111 Å². The summed E-state index contributed by atoms with van der Waals surface area (Å²) in [4.78, 5) is 179. The second kappa shape index (κ2) is 54.1. The minimum absolute atomic E-state index is 0.183. The van der Waals surface area contributed by atoms with Gasteiger partial charge in [0.2, 0.25) is 0 Å². The molecular weight excluding hydrogens is 1990 g/mol. The van der Waals surface area contributed by atoms with Gasteiger partial charge in [-0.3, -0.25) is 57.5 Å². The Morgan fingerprint density at radius 2 is 0.313 bits per heavy atom. The van der Waals surface area contributed by atoms with E-state index in [-0.39, 0.29) is 73.4 Å². The van der Waals surface area contributed by atoms with E-state index in [2.05, 4.69) is 61.9 Å². The molecule has 60 heteroatoms. The Morgan fingerprint density at radius 1 is 0.200 bits per heavy atom. The van der Waals surface area contributed by atoms with Crippen LogP contribution in [0.1, 0.15) is 194 Å². The summed E-state index contributed by atoms with van der Waals surface area (Å²) in [5, 5.41) is 51.6. The van der Waals surface area contributed by atoms with Crippen molar-refractivity contribution in [3.63, 3.8) is 0 Å². The van der Waals surface area contributed by atoms with E-state index in [1.165, 1.54) is 148 Å². The molecule has 0 saturated carbocycles. The molecule has 28 rings (SSSR count). The van der Waals surface area contributed by atoms with Crippen molar-refractivity contribution in [2.24, 2.45) is 34.4 Å². The number of esters is 12. The lowest BCUT2D eigenvalue weighted by Gasteiger charge is -2.53. The maximum atomic E-state index is 15.0. The van der Waals surface area contributed by atoms with Crippen molar-refractivity contribution < 1.29 is 171 Å². The van der Waals surface area contributed by atoms with E-state index < -0.39 is 372 Å². The molecule has 12 bridgehead atoms. The van der Waals surface area contributed by atoms with Crippen molar-refractivity contribution in [3.05, 3.63) is 71.3 Å². The third-order valence-corrected chi connectivity index (χ3v) is 24.9. The van der Waals surface area contributed by atoms with Crippen molar-refractivity contribution in [2.75, 3.05) is 0 Å². The Labute approximate surface area is 858 Å². The number of hydrogen-bond acceptors (Lipinski definition) is 54. The first-order chi connectivity index (χ1) is 72.3. The Morgan fingerprint density at radius 3 is 0.413 bits per heavy atom. The third kappa shape index (κ3) is 28.6. The van der Waals surface area contributed by atoms with Crippen molar-refractivity contribution in [1.82, 2.24) is 90.0 Å². The molecule has 6 aromatic rings. The minimum atomic E-state index is -2.26. The lowest BCUT2D eigenvalue weighted by molar-refractivity contribution is -0.403. The van der Waals surface area contributed by atoms with Crippen LogP contribution in [0.4, 0.5) is 0 Å². The molecule has 0 aliphatic carbocycles. The standard InChI is InChI=1S/C90H132N24O36/c1-13-55(115)133-73-67-49(37-109-31-43(25-91)97-103-109)127-85(79(73)139-61(121)19-7)146-68-50(38-110-32-44(26-92)98-104-110)129-87(81(141-63(123)21-9)74(68)134-56(116)14-2)148-70-52(40-112-34-46(28-94)100-106-112)131-89(83(143-65(125)23-11)76(70)136-58(118)16-4)150-72-54(42-114-36-48(30-96)102-108-114)132-90(84(144-66(126)24-12)78(72)138-60(120)18-6)149-71-53(41-113-35-47(29-95)101-107-113)130-88(82(142-64(124)22-10)77(71)137-59(119)17-5)147-69-51(39-111-33-45(27-93)99-105-111)128-86(145-67)80(140-62(122)20-8)75(69)135-57(117)15-3/h31-36,49-54,67-90H,13-30,37-42,91-96H2,1-12H3/t49-,50-,51-,52-,53-,54-,67-,68-,69-,70-,71-,72-,73+,74+,75+,76+,77+,78+,79-,80-,81-,82-,83-,84-,85-,86-,87-,88-,89-,90-/m1/s1. The van der Waals surface area contributed by atoms with Crippen molar-refractivity contribution in [2.45, 2.75) is 423 Å². The number of aromatic nitrogens is 18. The maximum absolute atomic E-state index is 15.0. The van der Waals surface area contributed by atoms with Gasteiger partial charge in [0, 0.05) is 153 Å². The first-order valence-electron chi connectivity index (χ1n) is 50.1. The van der Waals surface area contributed by atoms with Crippen LogP contribution in [-0.4, -0.2) is 346 Å². The maximum Gasteiger partial charge on any atom is 0.306 e. The van der Waals surface area contributed by atoms with Crippen LogP contribution in [0.3, 0.4) is 0 Å². The Balaban J connectivity index is 1.14. The molecule has 22 aliphatic rings. The quantitative estimate of drug-likeness (QED) is 0.0165. The highest BCUT2D eigenvalue weighted by molar-refractivity contribution is 5.74. The van der Waals surface area contributed by atoms with Crippen LogP contribution in [0, 0.1) is 0 Å². The van der Waals surface area contributed by atoms with E-state index in [0.717, 1.165) is 0 Å². The molecule has 0 unspecified atom stereocenters. The summed E-state index contributed by atoms with van der Waals surface area (Å²) >= 11 is 0. The predicted octanol–water partition coefficient (Wildman–Crippen LogP) is -2.98. The molecule has 12 N–H and O–H groups in total. The monoisotopic (exact) mass is 2120 g/mol. The number of carbonyl (C=O) groups is 12. The van der Waals surface area contributed by atoms with Gasteiger partial charge in [0.25, 0.3) is 0 Å². The summed E-state index contributed by atoms with van der Waals surface area (Å²) in [7, 11) is 0. The van der Waals surface area contributed by atoms with Gasteiger partial charge < -0.3 is 148 Å². The molecule has 28 heterocycles. The molecule has 30 atom stereocenters. The average molecular weight is 2130 g/mol. The highest BCUT2D eigenvalue weighted by atomic mass is 16.8. The summed E-state index contributed by atoms with van der Waals surface area (Å²) in [6.45, 7) is 12.1. The van der Waals surface area contributed by atoms with Gasteiger partial charge in [0.05, 0.1) is 73.4 Å². The fourth-order valence-electron chi connectivity index (χ4n) is 17.3. The second-order valence-electron chi connectivity index (χ2n) is 35.4. The van der Waals surface area contributed by atoms with E-state index >= 15 is 0 Å². The molecule has 0 amide bonds. The summed E-state index contributed by atoms with van der Waals surface area (Å²) in [5.74, 6) is -12.6. The zero-order valence-corrected chi connectivity index (χ0v) is 85.0. The van der Waals surface area contributed by atoms with E-state index in [9.17, 15) is 57.5 Å². The van der Waals surface area contributed by atoms with Crippen LogP contribution in [0.5, 0.6) is 0 Å². The first kappa shape index (κ1) is 115. The van der Waals surface area contributed by atoms with Crippen LogP contribution >= 0.6 is 0 Å². The van der Waals surface area contributed by atoms with Crippen LogP contribution < -0.4 is 34.4 Å². The van der Waals surface area contributed by atoms with Crippen LogP contribution in [0.2, 0.25) is 0 Å². The lowest BCUT2D eigenvalue weighted by atomic mass is 9.93. The molecular formula is C90H132N24O36. The number of ether oxygens (including phenoxy) is 24. The van der Waals surface area contributed by atoms with Gasteiger partial charge in [-0.1, -0.05) is 114 Å². The third-order valence-electron chi connectivity index (χ3n) is 24.9. The smallest absolute Gasteiger partial charge is 0.306 e. The molecule has 150 heavy (non-hydrogen) atoms.